The lowest BCUT2D eigenvalue weighted by molar-refractivity contribution is 0.378. The third-order valence-corrected chi connectivity index (χ3v) is 4.63. The Morgan fingerprint density at radius 3 is 2.65 bits per heavy atom. The van der Waals surface area contributed by atoms with E-state index in [9.17, 15) is 5.26 Å². The number of ether oxygens (including phenoxy) is 1. The van der Waals surface area contributed by atoms with Crippen molar-refractivity contribution in [3.05, 3.63) is 57.0 Å². The number of hydrogen-bond acceptors (Lipinski definition) is 4. The molecule has 5 nitrogen and oxygen atoms in total. The Morgan fingerprint density at radius 1 is 1.35 bits per heavy atom. The number of nitriles is 1. The van der Waals surface area contributed by atoms with E-state index in [4.69, 9.17) is 10.5 Å². The molecule has 2 heterocycles. The van der Waals surface area contributed by atoms with Crippen LogP contribution in [0, 0.1) is 11.3 Å². The van der Waals surface area contributed by atoms with Gasteiger partial charge < -0.3 is 10.5 Å². The monoisotopic (exact) mass is 372 g/mol. The van der Waals surface area contributed by atoms with Crippen molar-refractivity contribution >= 4 is 15.9 Å². The van der Waals surface area contributed by atoms with Gasteiger partial charge in [-0.25, -0.2) is 0 Å². The summed E-state index contributed by atoms with van der Waals surface area (Å²) in [5.74, 6) is 0.229. The highest BCUT2D eigenvalue weighted by molar-refractivity contribution is 9.10. The molecule has 23 heavy (non-hydrogen) atoms. The highest BCUT2D eigenvalue weighted by Gasteiger charge is 2.38. The Hall–Kier alpha value is -2.26. The Balaban J connectivity index is 2.31. The molecule has 0 amide bonds. The average Bonchev–Trinajstić information content (AvgIpc) is 2.90. The number of fused-ring (bicyclic) bond motifs is 1. The zero-order valence-corrected chi connectivity index (χ0v) is 14.7. The molecule has 118 valence electrons. The van der Waals surface area contributed by atoms with E-state index in [0.717, 1.165) is 21.3 Å². The molecule has 1 aromatic heterocycles. The van der Waals surface area contributed by atoms with Gasteiger partial charge in [0, 0.05) is 15.6 Å². The van der Waals surface area contributed by atoms with Gasteiger partial charge in [-0.05, 0) is 11.6 Å². The SMILES string of the molecule is CC(C)(C)c1[nH]nc2c1C(c1ccccc1Br)C(C#N)=C(N)O2. The zero-order chi connectivity index (χ0) is 16.8. The lowest BCUT2D eigenvalue weighted by Crippen LogP contribution is -2.24. The number of hydrogen-bond donors (Lipinski definition) is 2. The van der Waals surface area contributed by atoms with Crippen molar-refractivity contribution < 1.29 is 4.74 Å². The molecule has 1 atom stereocenters. The van der Waals surface area contributed by atoms with Crippen LogP contribution >= 0.6 is 15.9 Å². The van der Waals surface area contributed by atoms with E-state index in [-0.39, 0.29) is 17.2 Å². The van der Waals surface area contributed by atoms with E-state index in [2.05, 4.69) is 53.0 Å². The van der Waals surface area contributed by atoms with Crippen LogP contribution in [0.5, 0.6) is 5.88 Å². The minimum atomic E-state index is -0.313. The first-order valence-corrected chi connectivity index (χ1v) is 8.04. The molecule has 1 aliphatic rings. The number of aromatic amines is 1. The molecular weight excluding hydrogens is 356 g/mol. The quantitative estimate of drug-likeness (QED) is 0.798. The zero-order valence-electron chi connectivity index (χ0n) is 13.1. The maximum atomic E-state index is 9.63. The minimum Gasteiger partial charge on any atom is -0.420 e. The fraction of sp³-hybridized carbons (Fsp3) is 0.294. The molecular formula is C17H17BrN4O. The van der Waals surface area contributed by atoms with Gasteiger partial charge in [0.1, 0.15) is 11.6 Å². The fourth-order valence-corrected chi connectivity index (χ4v) is 3.35. The molecule has 0 spiro atoms. The van der Waals surface area contributed by atoms with Gasteiger partial charge in [0.05, 0.1) is 11.5 Å². The highest BCUT2D eigenvalue weighted by atomic mass is 79.9. The molecule has 1 unspecified atom stereocenters. The summed E-state index contributed by atoms with van der Waals surface area (Å²) in [7, 11) is 0. The Morgan fingerprint density at radius 2 is 2.04 bits per heavy atom. The molecule has 0 saturated heterocycles. The Kier molecular flexibility index (Phi) is 3.69. The van der Waals surface area contributed by atoms with Gasteiger partial charge in [-0.3, -0.25) is 5.10 Å². The first kappa shape index (κ1) is 15.6. The molecule has 0 radical (unpaired) electrons. The summed E-state index contributed by atoms with van der Waals surface area (Å²) in [6.07, 6.45) is 0. The molecule has 0 aliphatic carbocycles. The summed E-state index contributed by atoms with van der Waals surface area (Å²) in [4.78, 5) is 0. The predicted molar refractivity (Wildman–Crippen MR) is 90.7 cm³/mol. The van der Waals surface area contributed by atoms with Crippen LogP contribution < -0.4 is 10.5 Å². The topological polar surface area (TPSA) is 87.7 Å². The molecule has 1 aromatic carbocycles. The van der Waals surface area contributed by atoms with Crippen molar-refractivity contribution in [2.45, 2.75) is 32.1 Å². The van der Waals surface area contributed by atoms with Crippen LogP contribution in [0.3, 0.4) is 0 Å². The van der Waals surface area contributed by atoms with Crippen LogP contribution in [0.15, 0.2) is 40.2 Å². The fourth-order valence-electron chi connectivity index (χ4n) is 2.84. The average molecular weight is 373 g/mol. The second kappa shape index (κ2) is 5.43. The maximum Gasteiger partial charge on any atom is 0.244 e. The van der Waals surface area contributed by atoms with Crippen LogP contribution in [0.4, 0.5) is 0 Å². The van der Waals surface area contributed by atoms with Crippen molar-refractivity contribution in [3.63, 3.8) is 0 Å². The molecule has 3 rings (SSSR count). The largest absolute Gasteiger partial charge is 0.420 e. The van der Waals surface area contributed by atoms with Gasteiger partial charge in [-0.15, -0.1) is 5.10 Å². The normalized spacial score (nSPS) is 17.4. The van der Waals surface area contributed by atoms with Crippen LogP contribution in [-0.4, -0.2) is 10.2 Å². The number of allylic oxidation sites excluding steroid dienone is 1. The third-order valence-electron chi connectivity index (χ3n) is 3.91. The molecule has 2 aromatic rings. The van der Waals surface area contributed by atoms with Crippen LogP contribution in [-0.2, 0) is 5.41 Å². The second-order valence-electron chi connectivity index (χ2n) is 6.51. The van der Waals surface area contributed by atoms with E-state index in [1.54, 1.807) is 0 Å². The molecule has 0 bridgehead atoms. The predicted octanol–water partition coefficient (Wildman–Crippen LogP) is 3.69. The van der Waals surface area contributed by atoms with Crippen molar-refractivity contribution in [1.29, 1.82) is 5.26 Å². The highest BCUT2D eigenvalue weighted by Crippen LogP contribution is 2.46. The number of rotatable bonds is 1. The number of benzene rings is 1. The summed E-state index contributed by atoms with van der Waals surface area (Å²) in [5, 5.41) is 16.9. The van der Waals surface area contributed by atoms with Gasteiger partial charge in [-0.2, -0.15) is 5.26 Å². The van der Waals surface area contributed by atoms with Crippen LogP contribution in [0.25, 0.3) is 0 Å². The lowest BCUT2D eigenvalue weighted by atomic mass is 9.79. The first-order valence-electron chi connectivity index (χ1n) is 7.25. The van der Waals surface area contributed by atoms with E-state index in [1.807, 2.05) is 24.3 Å². The van der Waals surface area contributed by atoms with Gasteiger partial charge in [0.2, 0.25) is 11.8 Å². The van der Waals surface area contributed by atoms with E-state index in [1.165, 1.54) is 0 Å². The molecule has 6 heteroatoms. The molecule has 1 aliphatic heterocycles. The van der Waals surface area contributed by atoms with Crippen molar-refractivity contribution in [3.8, 4) is 11.9 Å². The molecule has 3 N–H and O–H groups in total. The second-order valence-corrected chi connectivity index (χ2v) is 7.37. The number of nitrogens with one attached hydrogen (secondary N) is 1. The summed E-state index contributed by atoms with van der Waals surface area (Å²) < 4.78 is 6.50. The van der Waals surface area contributed by atoms with Crippen molar-refractivity contribution in [1.82, 2.24) is 10.2 Å². The summed E-state index contributed by atoms with van der Waals surface area (Å²) in [5.41, 5.74) is 8.97. The number of nitrogens with zero attached hydrogens (tertiary/aromatic N) is 2. The first-order chi connectivity index (χ1) is 10.8. The summed E-state index contributed by atoms with van der Waals surface area (Å²) in [6.45, 7) is 6.27. The van der Waals surface area contributed by atoms with Crippen LogP contribution in [0.1, 0.15) is 43.5 Å². The third kappa shape index (κ3) is 2.51. The van der Waals surface area contributed by atoms with E-state index >= 15 is 0 Å². The van der Waals surface area contributed by atoms with Gasteiger partial charge in [0.25, 0.3) is 0 Å². The number of halogens is 1. The number of aromatic nitrogens is 2. The summed E-state index contributed by atoms with van der Waals surface area (Å²) >= 11 is 3.58. The summed E-state index contributed by atoms with van der Waals surface area (Å²) in [6, 6.07) is 10.0. The Bertz CT molecular complexity index is 839. The van der Waals surface area contributed by atoms with Crippen molar-refractivity contribution in [2.24, 2.45) is 5.73 Å². The van der Waals surface area contributed by atoms with E-state index < -0.39 is 0 Å². The van der Waals surface area contributed by atoms with Gasteiger partial charge in [0.15, 0.2) is 0 Å². The number of nitrogens with two attached hydrogens (primary N) is 1. The maximum absolute atomic E-state index is 9.63. The Labute approximate surface area is 143 Å². The minimum absolute atomic E-state index is 0.104. The smallest absolute Gasteiger partial charge is 0.244 e. The number of H-pyrrole nitrogens is 1. The van der Waals surface area contributed by atoms with Gasteiger partial charge in [-0.1, -0.05) is 54.9 Å². The van der Waals surface area contributed by atoms with Crippen molar-refractivity contribution in [2.75, 3.05) is 0 Å². The van der Waals surface area contributed by atoms with Gasteiger partial charge >= 0.3 is 0 Å². The molecule has 0 saturated carbocycles. The molecule has 0 fully saturated rings. The standard InChI is InChI=1S/C17H17BrN4O/c1-17(2,3)14-13-12(9-6-4-5-7-11(9)18)10(8-19)15(20)23-16(13)22-21-14/h4-7,12H,20H2,1-3H3,(H,21,22). The van der Waals surface area contributed by atoms with E-state index in [0.29, 0.717) is 11.5 Å². The lowest BCUT2D eigenvalue weighted by Gasteiger charge is -2.27. The van der Waals surface area contributed by atoms with Crippen LogP contribution in [0.2, 0.25) is 0 Å².